The summed E-state index contributed by atoms with van der Waals surface area (Å²) in [4.78, 5) is 28.5. The van der Waals surface area contributed by atoms with E-state index in [1.54, 1.807) is 28.8 Å². The van der Waals surface area contributed by atoms with Gasteiger partial charge in [-0.25, -0.2) is 4.98 Å². The van der Waals surface area contributed by atoms with Gasteiger partial charge in [-0.1, -0.05) is 35.9 Å². The maximum Gasteiger partial charge on any atom is 0.326 e. The van der Waals surface area contributed by atoms with Crippen molar-refractivity contribution in [1.82, 2.24) is 9.55 Å². The van der Waals surface area contributed by atoms with Crippen LogP contribution in [0.25, 0.3) is 11.0 Å². The number of fused-ring (bicyclic) bond motifs is 1. The van der Waals surface area contributed by atoms with Crippen LogP contribution in [0.2, 0.25) is 5.02 Å². The van der Waals surface area contributed by atoms with E-state index in [0.717, 1.165) is 11.0 Å². The van der Waals surface area contributed by atoms with E-state index in [9.17, 15) is 9.59 Å². The summed E-state index contributed by atoms with van der Waals surface area (Å²) in [6, 6.07) is 14.1. The number of hydrogen-bond acceptors (Lipinski definition) is 4. The standard InChI is InChI=1S/C18H15ClN2O3/c1-12-20-15-7-2-3-8-16(15)21(12)10-18(23)24-11-17(22)13-5-4-6-14(19)9-13/h2-9H,10-11H2,1H3. The third-order valence-corrected chi connectivity index (χ3v) is 3.88. The summed E-state index contributed by atoms with van der Waals surface area (Å²) in [5.41, 5.74) is 2.09. The molecule has 0 unspecified atom stereocenters. The molecule has 3 rings (SSSR count). The Kier molecular flexibility index (Phi) is 4.62. The summed E-state index contributed by atoms with van der Waals surface area (Å²) >= 11 is 5.85. The van der Waals surface area contributed by atoms with Crippen LogP contribution in [0, 0.1) is 6.92 Å². The smallest absolute Gasteiger partial charge is 0.326 e. The number of carbonyl (C=O) groups excluding carboxylic acids is 2. The average molecular weight is 343 g/mol. The van der Waals surface area contributed by atoms with Crippen molar-refractivity contribution in [1.29, 1.82) is 0 Å². The lowest BCUT2D eigenvalue weighted by molar-refractivity contribution is -0.143. The fourth-order valence-corrected chi connectivity index (χ4v) is 2.65. The van der Waals surface area contributed by atoms with Gasteiger partial charge in [-0.3, -0.25) is 9.59 Å². The van der Waals surface area contributed by atoms with Crippen LogP contribution in [0.4, 0.5) is 0 Å². The third kappa shape index (κ3) is 3.46. The summed E-state index contributed by atoms with van der Waals surface area (Å²) in [6.45, 7) is 1.52. The monoisotopic (exact) mass is 342 g/mol. The second-order valence-corrected chi connectivity index (χ2v) is 5.76. The first-order chi connectivity index (χ1) is 11.5. The van der Waals surface area contributed by atoms with Crippen LogP contribution in [0.15, 0.2) is 48.5 Å². The molecule has 0 radical (unpaired) electrons. The number of nitrogens with zero attached hydrogens (tertiary/aromatic N) is 2. The average Bonchev–Trinajstić information content (AvgIpc) is 2.88. The molecule has 5 nitrogen and oxygen atoms in total. The molecule has 0 saturated heterocycles. The Bertz CT molecular complexity index is 918. The first-order valence-electron chi connectivity index (χ1n) is 7.41. The zero-order valence-electron chi connectivity index (χ0n) is 13.0. The quantitative estimate of drug-likeness (QED) is 0.526. The Morgan fingerprint density at radius 1 is 1.17 bits per heavy atom. The van der Waals surface area contributed by atoms with Gasteiger partial charge in [0.15, 0.2) is 12.4 Å². The number of ketones is 1. The molecule has 0 amide bonds. The van der Waals surface area contributed by atoms with E-state index >= 15 is 0 Å². The molecule has 1 heterocycles. The highest BCUT2D eigenvalue weighted by Gasteiger charge is 2.14. The maximum atomic E-state index is 12.1. The number of imidazole rings is 1. The van der Waals surface area contributed by atoms with E-state index in [1.165, 1.54) is 0 Å². The highest BCUT2D eigenvalue weighted by molar-refractivity contribution is 6.31. The van der Waals surface area contributed by atoms with Gasteiger partial charge in [0, 0.05) is 10.6 Å². The molecule has 6 heteroatoms. The molecule has 3 aromatic rings. The van der Waals surface area contributed by atoms with Crippen molar-refractivity contribution in [3.63, 3.8) is 0 Å². The van der Waals surface area contributed by atoms with Gasteiger partial charge in [-0.15, -0.1) is 0 Å². The van der Waals surface area contributed by atoms with E-state index in [-0.39, 0.29) is 18.9 Å². The van der Waals surface area contributed by atoms with E-state index in [2.05, 4.69) is 4.98 Å². The minimum absolute atomic E-state index is 0.00910. The number of ether oxygens (including phenoxy) is 1. The largest absolute Gasteiger partial charge is 0.456 e. The van der Waals surface area contributed by atoms with Crippen molar-refractivity contribution >= 4 is 34.4 Å². The Hall–Kier alpha value is -2.66. The zero-order chi connectivity index (χ0) is 17.1. The van der Waals surface area contributed by atoms with Crippen LogP contribution in [0.1, 0.15) is 16.2 Å². The lowest BCUT2D eigenvalue weighted by Crippen LogP contribution is -2.19. The highest BCUT2D eigenvalue weighted by atomic mass is 35.5. The van der Waals surface area contributed by atoms with Crippen molar-refractivity contribution in [2.24, 2.45) is 0 Å². The van der Waals surface area contributed by atoms with E-state index in [4.69, 9.17) is 16.3 Å². The maximum absolute atomic E-state index is 12.1. The van der Waals surface area contributed by atoms with E-state index < -0.39 is 5.97 Å². The van der Waals surface area contributed by atoms with Gasteiger partial charge >= 0.3 is 5.97 Å². The van der Waals surface area contributed by atoms with Crippen molar-refractivity contribution in [2.45, 2.75) is 13.5 Å². The minimum atomic E-state index is -0.489. The van der Waals surface area contributed by atoms with Crippen LogP contribution in [0.5, 0.6) is 0 Å². The molecule has 0 aliphatic rings. The molecule has 2 aromatic carbocycles. The van der Waals surface area contributed by atoms with Gasteiger partial charge in [0.2, 0.25) is 0 Å². The minimum Gasteiger partial charge on any atom is -0.456 e. The Morgan fingerprint density at radius 3 is 2.75 bits per heavy atom. The molecule has 0 saturated carbocycles. The van der Waals surface area contributed by atoms with Gasteiger partial charge in [-0.2, -0.15) is 0 Å². The number of Topliss-reactive ketones (excluding diaryl/α,β-unsaturated/α-hetero) is 1. The van der Waals surface area contributed by atoms with Crippen LogP contribution < -0.4 is 0 Å². The summed E-state index contributed by atoms with van der Waals surface area (Å²) in [5, 5.41) is 0.465. The molecule has 0 fully saturated rings. The van der Waals surface area contributed by atoms with E-state index in [1.807, 2.05) is 31.2 Å². The van der Waals surface area contributed by atoms with Gasteiger partial charge < -0.3 is 9.30 Å². The zero-order valence-corrected chi connectivity index (χ0v) is 13.8. The fraction of sp³-hybridized carbons (Fsp3) is 0.167. The van der Waals surface area contributed by atoms with Gasteiger partial charge in [0.05, 0.1) is 11.0 Å². The predicted octanol–water partition coefficient (Wildman–Crippen LogP) is 3.42. The Balaban J connectivity index is 1.65. The summed E-state index contributed by atoms with van der Waals surface area (Å²) in [6.07, 6.45) is 0. The lowest BCUT2D eigenvalue weighted by Gasteiger charge is -2.07. The van der Waals surface area contributed by atoms with Gasteiger partial charge in [-0.05, 0) is 31.2 Å². The molecule has 122 valence electrons. The second-order valence-electron chi connectivity index (χ2n) is 5.33. The number of benzene rings is 2. The van der Waals surface area contributed by atoms with Gasteiger partial charge in [0.1, 0.15) is 12.4 Å². The number of aryl methyl sites for hydroxylation is 1. The number of carbonyl (C=O) groups is 2. The number of hydrogen-bond donors (Lipinski definition) is 0. The number of aromatic nitrogens is 2. The molecule has 24 heavy (non-hydrogen) atoms. The van der Waals surface area contributed by atoms with E-state index in [0.29, 0.717) is 16.4 Å². The Labute approximate surface area is 143 Å². The number of halogens is 1. The fourth-order valence-electron chi connectivity index (χ4n) is 2.46. The number of esters is 1. The second kappa shape index (κ2) is 6.84. The van der Waals surface area contributed by atoms with Crippen molar-refractivity contribution in [2.75, 3.05) is 6.61 Å². The van der Waals surface area contributed by atoms with Crippen molar-refractivity contribution in [3.8, 4) is 0 Å². The van der Waals surface area contributed by atoms with Crippen molar-refractivity contribution < 1.29 is 14.3 Å². The van der Waals surface area contributed by atoms with Gasteiger partial charge in [0.25, 0.3) is 0 Å². The molecule has 0 bridgehead atoms. The normalized spacial score (nSPS) is 10.8. The highest BCUT2D eigenvalue weighted by Crippen LogP contribution is 2.15. The summed E-state index contributed by atoms with van der Waals surface area (Å²) < 4.78 is 6.86. The molecule has 0 spiro atoms. The number of rotatable bonds is 5. The van der Waals surface area contributed by atoms with Crippen LogP contribution in [-0.2, 0) is 16.1 Å². The molecule has 0 aliphatic carbocycles. The lowest BCUT2D eigenvalue weighted by atomic mass is 10.1. The number of para-hydroxylation sites is 2. The third-order valence-electron chi connectivity index (χ3n) is 3.64. The van der Waals surface area contributed by atoms with Crippen LogP contribution in [-0.4, -0.2) is 27.9 Å². The van der Waals surface area contributed by atoms with Crippen molar-refractivity contribution in [3.05, 3.63) is 64.9 Å². The molecule has 0 aliphatic heterocycles. The topological polar surface area (TPSA) is 61.2 Å². The first kappa shape index (κ1) is 16.2. The molecule has 1 aromatic heterocycles. The molecular weight excluding hydrogens is 328 g/mol. The predicted molar refractivity (Wildman–Crippen MR) is 91.2 cm³/mol. The summed E-state index contributed by atoms with van der Waals surface area (Å²) in [7, 11) is 0. The van der Waals surface area contributed by atoms with Crippen LogP contribution >= 0.6 is 11.6 Å². The Morgan fingerprint density at radius 2 is 1.96 bits per heavy atom. The first-order valence-corrected chi connectivity index (χ1v) is 7.78. The summed E-state index contributed by atoms with van der Waals surface area (Å²) in [5.74, 6) is -0.0657. The molecule has 0 atom stereocenters. The van der Waals surface area contributed by atoms with Crippen LogP contribution in [0.3, 0.4) is 0 Å². The molecule has 0 N–H and O–H groups in total. The SMILES string of the molecule is Cc1nc2ccccc2n1CC(=O)OCC(=O)c1cccc(Cl)c1. The molecular formula is C18H15ClN2O3.